The number of nitrogens with two attached hydrogens (primary N) is 1. The smallest absolute Gasteiger partial charge is 0.407 e. The number of carbonyl (C=O) groups excluding carboxylic acids is 1. The molecule has 100 valence electrons. The van der Waals surface area contributed by atoms with Crippen molar-refractivity contribution in [2.75, 3.05) is 13.2 Å². The van der Waals surface area contributed by atoms with Gasteiger partial charge < -0.3 is 20.9 Å². The van der Waals surface area contributed by atoms with Gasteiger partial charge >= 0.3 is 12.1 Å². The van der Waals surface area contributed by atoms with E-state index in [1.54, 1.807) is 0 Å². The Bertz CT molecular complexity index is 244. The summed E-state index contributed by atoms with van der Waals surface area (Å²) >= 11 is 0. The molecule has 0 spiro atoms. The first-order chi connectivity index (χ1) is 7.97. The summed E-state index contributed by atoms with van der Waals surface area (Å²) in [5, 5.41) is 11.2. The van der Waals surface area contributed by atoms with Crippen molar-refractivity contribution in [2.45, 2.75) is 39.2 Å². The van der Waals surface area contributed by atoms with Gasteiger partial charge in [-0.1, -0.05) is 13.8 Å². The Morgan fingerprint density at radius 2 is 2.00 bits per heavy atom. The van der Waals surface area contributed by atoms with Crippen LogP contribution >= 0.6 is 0 Å². The van der Waals surface area contributed by atoms with Crippen LogP contribution in [0.5, 0.6) is 0 Å². The number of ether oxygens (including phenoxy) is 1. The van der Waals surface area contributed by atoms with Gasteiger partial charge in [0, 0.05) is 0 Å². The molecule has 0 fully saturated rings. The van der Waals surface area contributed by atoms with Crippen molar-refractivity contribution in [3.05, 3.63) is 0 Å². The first-order valence-corrected chi connectivity index (χ1v) is 5.83. The Labute approximate surface area is 102 Å². The maximum atomic E-state index is 11.3. The summed E-state index contributed by atoms with van der Waals surface area (Å²) in [4.78, 5) is 22.1. The summed E-state index contributed by atoms with van der Waals surface area (Å²) in [6.45, 7) is 4.61. The first-order valence-electron chi connectivity index (χ1n) is 5.83. The number of hydrogen-bond acceptors (Lipinski definition) is 4. The zero-order chi connectivity index (χ0) is 13.3. The highest BCUT2D eigenvalue weighted by Crippen LogP contribution is 2.02. The van der Waals surface area contributed by atoms with E-state index in [1.165, 1.54) is 0 Å². The molecular formula is C11H22N2O4. The van der Waals surface area contributed by atoms with Gasteiger partial charge in [0.1, 0.15) is 6.04 Å². The summed E-state index contributed by atoms with van der Waals surface area (Å²) in [6, 6.07) is -0.902. The van der Waals surface area contributed by atoms with Gasteiger partial charge in [0.05, 0.1) is 6.61 Å². The summed E-state index contributed by atoms with van der Waals surface area (Å²) < 4.78 is 4.85. The van der Waals surface area contributed by atoms with E-state index in [-0.39, 0.29) is 12.5 Å². The van der Waals surface area contributed by atoms with E-state index >= 15 is 0 Å². The lowest BCUT2D eigenvalue weighted by Crippen LogP contribution is -2.41. The Morgan fingerprint density at radius 1 is 1.35 bits per heavy atom. The van der Waals surface area contributed by atoms with Crippen molar-refractivity contribution in [1.82, 2.24) is 5.32 Å². The minimum absolute atomic E-state index is 0.223. The molecule has 1 amide bonds. The van der Waals surface area contributed by atoms with E-state index in [0.29, 0.717) is 19.4 Å². The highest BCUT2D eigenvalue weighted by molar-refractivity contribution is 5.79. The Balaban J connectivity index is 3.98. The molecule has 1 atom stereocenters. The number of carboxylic acid groups (broad SMARTS) is 1. The largest absolute Gasteiger partial charge is 0.480 e. The second-order valence-electron chi connectivity index (χ2n) is 4.31. The highest BCUT2D eigenvalue weighted by Gasteiger charge is 2.20. The molecule has 0 unspecified atom stereocenters. The van der Waals surface area contributed by atoms with Crippen LogP contribution in [0.4, 0.5) is 4.79 Å². The lowest BCUT2D eigenvalue weighted by Gasteiger charge is -2.15. The minimum Gasteiger partial charge on any atom is -0.480 e. The van der Waals surface area contributed by atoms with Crippen LogP contribution in [0.2, 0.25) is 0 Å². The van der Waals surface area contributed by atoms with Crippen LogP contribution in [0, 0.1) is 5.92 Å². The SMILES string of the molecule is CC(C)COC(=O)N[C@@H](CCCCN)C(=O)O. The first kappa shape index (κ1) is 15.7. The predicted molar refractivity (Wildman–Crippen MR) is 63.7 cm³/mol. The Hall–Kier alpha value is -1.30. The van der Waals surface area contributed by atoms with Crippen molar-refractivity contribution >= 4 is 12.1 Å². The van der Waals surface area contributed by atoms with Crippen LogP contribution in [0.1, 0.15) is 33.1 Å². The molecule has 6 nitrogen and oxygen atoms in total. The number of alkyl carbamates (subject to hydrolysis) is 1. The standard InChI is InChI=1S/C11H22N2O4/c1-8(2)7-17-11(16)13-9(10(14)15)5-3-4-6-12/h8-9H,3-7,12H2,1-2H3,(H,13,16)(H,14,15)/t9-/m0/s1. The molecule has 0 radical (unpaired) electrons. The number of rotatable bonds is 8. The number of amides is 1. The molecule has 0 heterocycles. The number of nitrogens with one attached hydrogen (secondary N) is 1. The van der Waals surface area contributed by atoms with E-state index in [1.807, 2.05) is 13.8 Å². The summed E-state index contributed by atoms with van der Waals surface area (Å²) in [6.07, 6.45) is 1.09. The second kappa shape index (κ2) is 8.81. The van der Waals surface area contributed by atoms with Crippen LogP contribution in [-0.2, 0) is 9.53 Å². The fourth-order valence-corrected chi connectivity index (χ4v) is 1.18. The second-order valence-corrected chi connectivity index (χ2v) is 4.31. The molecule has 17 heavy (non-hydrogen) atoms. The van der Waals surface area contributed by atoms with Crippen molar-refractivity contribution in [3.63, 3.8) is 0 Å². The molecule has 0 aromatic carbocycles. The normalized spacial score (nSPS) is 12.2. The van der Waals surface area contributed by atoms with E-state index in [0.717, 1.165) is 6.42 Å². The zero-order valence-corrected chi connectivity index (χ0v) is 10.4. The van der Waals surface area contributed by atoms with Gasteiger partial charge in [-0.2, -0.15) is 0 Å². The minimum atomic E-state index is -1.05. The molecule has 0 bridgehead atoms. The van der Waals surface area contributed by atoms with Gasteiger partial charge in [-0.15, -0.1) is 0 Å². The average Bonchev–Trinajstić information content (AvgIpc) is 2.25. The van der Waals surface area contributed by atoms with E-state index in [9.17, 15) is 9.59 Å². The Kier molecular flexibility index (Phi) is 8.13. The summed E-state index contributed by atoms with van der Waals surface area (Å²) in [5.41, 5.74) is 5.31. The molecule has 4 N–H and O–H groups in total. The van der Waals surface area contributed by atoms with Crippen LogP contribution in [0.25, 0.3) is 0 Å². The molecule has 0 aromatic heterocycles. The summed E-state index contributed by atoms with van der Waals surface area (Å²) in [5.74, 6) is -0.829. The van der Waals surface area contributed by atoms with Gasteiger partial charge in [-0.3, -0.25) is 0 Å². The lowest BCUT2D eigenvalue weighted by atomic mass is 10.1. The van der Waals surface area contributed by atoms with Crippen molar-refractivity contribution < 1.29 is 19.4 Å². The number of aliphatic carboxylic acids is 1. The third kappa shape index (κ3) is 8.50. The molecule has 0 rings (SSSR count). The molecule has 0 aliphatic rings. The van der Waals surface area contributed by atoms with Gasteiger partial charge in [-0.25, -0.2) is 9.59 Å². The zero-order valence-electron chi connectivity index (χ0n) is 10.4. The lowest BCUT2D eigenvalue weighted by molar-refractivity contribution is -0.139. The fourth-order valence-electron chi connectivity index (χ4n) is 1.18. The molecule has 0 aliphatic heterocycles. The molecule has 0 aromatic rings. The van der Waals surface area contributed by atoms with Gasteiger partial charge in [0.15, 0.2) is 0 Å². The molecule has 6 heteroatoms. The third-order valence-electron chi connectivity index (χ3n) is 2.08. The average molecular weight is 246 g/mol. The fraction of sp³-hybridized carbons (Fsp3) is 0.818. The monoisotopic (exact) mass is 246 g/mol. The maximum Gasteiger partial charge on any atom is 0.407 e. The van der Waals surface area contributed by atoms with Gasteiger partial charge in [0.2, 0.25) is 0 Å². The van der Waals surface area contributed by atoms with Crippen molar-refractivity contribution in [3.8, 4) is 0 Å². The van der Waals surface area contributed by atoms with Crippen LogP contribution < -0.4 is 11.1 Å². The summed E-state index contributed by atoms with van der Waals surface area (Å²) in [7, 11) is 0. The van der Waals surface area contributed by atoms with Crippen LogP contribution in [0.3, 0.4) is 0 Å². The highest BCUT2D eigenvalue weighted by atomic mass is 16.5. The molecule has 0 saturated carbocycles. The van der Waals surface area contributed by atoms with E-state index in [2.05, 4.69) is 5.32 Å². The number of carboxylic acids is 1. The van der Waals surface area contributed by atoms with Crippen LogP contribution in [-0.4, -0.2) is 36.4 Å². The van der Waals surface area contributed by atoms with Gasteiger partial charge in [0.25, 0.3) is 0 Å². The van der Waals surface area contributed by atoms with Crippen LogP contribution in [0.15, 0.2) is 0 Å². The maximum absolute atomic E-state index is 11.3. The number of hydrogen-bond donors (Lipinski definition) is 3. The van der Waals surface area contributed by atoms with E-state index in [4.69, 9.17) is 15.6 Å². The predicted octanol–water partition coefficient (Wildman–Crippen LogP) is 0.951. The van der Waals surface area contributed by atoms with Crippen molar-refractivity contribution in [1.29, 1.82) is 0 Å². The van der Waals surface area contributed by atoms with Crippen molar-refractivity contribution in [2.24, 2.45) is 11.7 Å². The molecule has 0 saturated heterocycles. The molecule has 0 aliphatic carbocycles. The number of carbonyl (C=O) groups is 2. The number of unbranched alkanes of at least 4 members (excludes halogenated alkanes) is 1. The van der Waals surface area contributed by atoms with E-state index < -0.39 is 18.1 Å². The molecular weight excluding hydrogens is 224 g/mol. The quantitative estimate of drug-likeness (QED) is 0.553. The van der Waals surface area contributed by atoms with Gasteiger partial charge in [-0.05, 0) is 31.7 Å². The Morgan fingerprint density at radius 3 is 2.47 bits per heavy atom. The third-order valence-corrected chi connectivity index (χ3v) is 2.08. The topological polar surface area (TPSA) is 102 Å².